The predicted octanol–water partition coefficient (Wildman–Crippen LogP) is 1.63. The molecule has 0 aliphatic rings. The third-order valence-electron chi connectivity index (χ3n) is 2.32. The number of carbonyl (C=O) groups is 1. The number of halogens is 1. The van der Waals surface area contributed by atoms with Crippen molar-refractivity contribution in [2.75, 3.05) is 11.9 Å². The maximum absolute atomic E-state index is 11.9. The van der Waals surface area contributed by atoms with Gasteiger partial charge in [-0.2, -0.15) is 5.10 Å². The second-order valence-corrected chi connectivity index (χ2v) is 4.07. The van der Waals surface area contributed by atoms with Crippen LogP contribution in [0, 0.1) is 11.8 Å². The Morgan fingerprint density at radius 1 is 1.53 bits per heavy atom. The van der Waals surface area contributed by atoms with Gasteiger partial charge >= 0.3 is 0 Å². The fourth-order valence-electron chi connectivity index (χ4n) is 1.44. The SMILES string of the molecule is NCC#Cc1ccc(Cl)cc1NC(=O)c1cn[nH]c1. The number of amides is 1. The first-order valence-corrected chi connectivity index (χ1v) is 5.87. The second kappa shape index (κ2) is 6.05. The summed E-state index contributed by atoms with van der Waals surface area (Å²) in [6, 6.07) is 5.08. The average molecular weight is 275 g/mol. The monoisotopic (exact) mass is 274 g/mol. The van der Waals surface area contributed by atoms with E-state index in [4.69, 9.17) is 17.3 Å². The van der Waals surface area contributed by atoms with Crippen LogP contribution in [0.25, 0.3) is 0 Å². The third-order valence-corrected chi connectivity index (χ3v) is 2.55. The number of hydrogen-bond donors (Lipinski definition) is 3. The van der Waals surface area contributed by atoms with Crippen molar-refractivity contribution >= 4 is 23.2 Å². The molecule has 96 valence electrons. The van der Waals surface area contributed by atoms with Gasteiger partial charge in [-0.15, -0.1) is 0 Å². The highest BCUT2D eigenvalue weighted by atomic mass is 35.5. The van der Waals surface area contributed by atoms with Gasteiger partial charge in [0.2, 0.25) is 0 Å². The molecule has 0 fully saturated rings. The van der Waals surface area contributed by atoms with Crippen LogP contribution in [-0.4, -0.2) is 22.6 Å². The summed E-state index contributed by atoms with van der Waals surface area (Å²) in [5.74, 6) is 5.33. The van der Waals surface area contributed by atoms with Crippen LogP contribution < -0.4 is 11.1 Å². The third kappa shape index (κ3) is 3.35. The average Bonchev–Trinajstić information content (AvgIpc) is 2.92. The second-order valence-electron chi connectivity index (χ2n) is 3.64. The molecule has 19 heavy (non-hydrogen) atoms. The summed E-state index contributed by atoms with van der Waals surface area (Å²) in [5.41, 5.74) is 6.96. The van der Waals surface area contributed by atoms with Crippen molar-refractivity contribution in [3.8, 4) is 11.8 Å². The number of carbonyl (C=O) groups excluding carboxylic acids is 1. The summed E-state index contributed by atoms with van der Waals surface area (Å²) in [4.78, 5) is 11.9. The number of aromatic amines is 1. The summed E-state index contributed by atoms with van der Waals surface area (Å²) in [6.07, 6.45) is 2.94. The minimum Gasteiger partial charge on any atom is -0.321 e. The Morgan fingerprint density at radius 2 is 2.37 bits per heavy atom. The van der Waals surface area contributed by atoms with Gasteiger partial charge in [-0.05, 0) is 18.2 Å². The lowest BCUT2D eigenvalue weighted by Crippen LogP contribution is -2.12. The number of nitrogens with two attached hydrogens (primary N) is 1. The Hall–Kier alpha value is -2.29. The highest BCUT2D eigenvalue weighted by molar-refractivity contribution is 6.31. The molecule has 0 saturated heterocycles. The number of rotatable bonds is 2. The van der Waals surface area contributed by atoms with Crippen LogP contribution in [0.5, 0.6) is 0 Å². The van der Waals surface area contributed by atoms with Crippen molar-refractivity contribution in [3.05, 3.63) is 46.7 Å². The Morgan fingerprint density at radius 3 is 3.05 bits per heavy atom. The number of nitrogens with one attached hydrogen (secondary N) is 2. The molecule has 0 bridgehead atoms. The van der Waals surface area contributed by atoms with E-state index in [-0.39, 0.29) is 12.5 Å². The van der Waals surface area contributed by atoms with Gasteiger partial charge in [0, 0.05) is 16.8 Å². The molecule has 1 aromatic carbocycles. The van der Waals surface area contributed by atoms with Crippen LogP contribution >= 0.6 is 11.6 Å². The number of H-pyrrole nitrogens is 1. The Labute approximate surface area is 115 Å². The molecule has 1 amide bonds. The van der Waals surface area contributed by atoms with Gasteiger partial charge in [-0.25, -0.2) is 0 Å². The summed E-state index contributed by atoms with van der Waals surface area (Å²) in [6.45, 7) is 0.248. The van der Waals surface area contributed by atoms with Gasteiger partial charge in [-0.1, -0.05) is 23.4 Å². The highest BCUT2D eigenvalue weighted by Crippen LogP contribution is 2.21. The molecule has 0 aliphatic heterocycles. The lowest BCUT2D eigenvalue weighted by molar-refractivity contribution is 0.102. The van der Waals surface area contributed by atoms with Crippen molar-refractivity contribution in [3.63, 3.8) is 0 Å². The minimum atomic E-state index is -0.285. The number of aromatic nitrogens is 2. The number of anilines is 1. The zero-order valence-corrected chi connectivity index (χ0v) is 10.7. The standard InChI is InChI=1S/C13H11ClN4O/c14-11-4-3-9(2-1-5-15)12(6-11)18-13(19)10-7-16-17-8-10/h3-4,6-8H,5,15H2,(H,16,17)(H,18,19). The van der Waals surface area contributed by atoms with Gasteiger partial charge in [0.05, 0.1) is 24.0 Å². The normalized spacial score (nSPS) is 9.58. The Balaban J connectivity index is 2.28. The minimum absolute atomic E-state index is 0.248. The topological polar surface area (TPSA) is 83.8 Å². The van der Waals surface area contributed by atoms with Crippen molar-refractivity contribution in [2.45, 2.75) is 0 Å². The predicted molar refractivity (Wildman–Crippen MR) is 73.9 cm³/mol. The Kier molecular flexibility index (Phi) is 4.18. The van der Waals surface area contributed by atoms with Crippen LogP contribution in [0.4, 0.5) is 5.69 Å². The van der Waals surface area contributed by atoms with Gasteiger partial charge in [0.15, 0.2) is 0 Å². The lowest BCUT2D eigenvalue weighted by atomic mass is 10.1. The molecule has 0 aliphatic carbocycles. The summed E-state index contributed by atoms with van der Waals surface area (Å²) < 4.78 is 0. The van der Waals surface area contributed by atoms with E-state index in [0.717, 1.165) is 0 Å². The number of benzene rings is 1. The fourth-order valence-corrected chi connectivity index (χ4v) is 1.62. The molecule has 0 radical (unpaired) electrons. The maximum Gasteiger partial charge on any atom is 0.258 e. The molecule has 2 aromatic rings. The zero-order valence-electron chi connectivity index (χ0n) is 9.90. The van der Waals surface area contributed by atoms with E-state index in [2.05, 4.69) is 27.4 Å². The molecule has 0 unspecified atom stereocenters. The molecule has 2 rings (SSSR count). The smallest absolute Gasteiger partial charge is 0.258 e. The van der Waals surface area contributed by atoms with E-state index < -0.39 is 0 Å². The molecular weight excluding hydrogens is 264 g/mol. The summed E-state index contributed by atoms with van der Waals surface area (Å²) in [7, 11) is 0. The van der Waals surface area contributed by atoms with E-state index >= 15 is 0 Å². The van der Waals surface area contributed by atoms with E-state index in [1.54, 1.807) is 18.2 Å². The first kappa shape index (κ1) is 13.1. The van der Waals surface area contributed by atoms with Crippen molar-refractivity contribution in [2.24, 2.45) is 5.73 Å². The molecule has 1 heterocycles. The maximum atomic E-state index is 11.9. The molecule has 4 N–H and O–H groups in total. The van der Waals surface area contributed by atoms with E-state index in [0.29, 0.717) is 21.8 Å². The molecule has 5 nitrogen and oxygen atoms in total. The largest absolute Gasteiger partial charge is 0.321 e. The van der Waals surface area contributed by atoms with Crippen LogP contribution in [0.2, 0.25) is 5.02 Å². The fraction of sp³-hybridized carbons (Fsp3) is 0.0769. The highest BCUT2D eigenvalue weighted by Gasteiger charge is 2.09. The van der Waals surface area contributed by atoms with E-state index in [9.17, 15) is 4.79 Å². The van der Waals surface area contributed by atoms with Gasteiger partial charge < -0.3 is 11.1 Å². The van der Waals surface area contributed by atoms with Gasteiger partial charge in [0.25, 0.3) is 5.91 Å². The van der Waals surface area contributed by atoms with Crippen LogP contribution in [0.3, 0.4) is 0 Å². The zero-order chi connectivity index (χ0) is 13.7. The lowest BCUT2D eigenvalue weighted by Gasteiger charge is -2.06. The van der Waals surface area contributed by atoms with Crippen LogP contribution in [0.1, 0.15) is 15.9 Å². The first-order chi connectivity index (χ1) is 9.20. The quantitative estimate of drug-likeness (QED) is 0.728. The molecular formula is C13H11ClN4O. The summed E-state index contributed by atoms with van der Waals surface area (Å²) in [5, 5.41) is 9.54. The number of nitrogens with zero attached hydrogens (tertiary/aromatic N) is 1. The van der Waals surface area contributed by atoms with Gasteiger partial charge in [-0.3, -0.25) is 9.89 Å². The van der Waals surface area contributed by atoms with Crippen molar-refractivity contribution in [1.29, 1.82) is 0 Å². The van der Waals surface area contributed by atoms with Crippen molar-refractivity contribution in [1.82, 2.24) is 10.2 Å². The van der Waals surface area contributed by atoms with Crippen LogP contribution in [0.15, 0.2) is 30.6 Å². The van der Waals surface area contributed by atoms with E-state index in [1.165, 1.54) is 12.4 Å². The van der Waals surface area contributed by atoms with Crippen molar-refractivity contribution < 1.29 is 4.79 Å². The molecule has 0 atom stereocenters. The Bertz CT molecular complexity index is 640. The first-order valence-electron chi connectivity index (χ1n) is 5.49. The molecule has 0 spiro atoms. The molecule has 1 aromatic heterocycles. The molecule has 0 saturated carbocycles. The number of hydrogen-bond acceptors (Lipinski definition) is 3. The molecule has 6 heteroatoms. The van der Waals surface area contributed by atoms with Gasteiger partial charge in [0.1, 0.15) is 0 Å². The summed E-state index contributed by atoms with van der Waals surface area (Å²) >= 11 is 5.92. The van der Waals surface area contributed by atoms with Crippen LogP contribution in [-0.2, 0) is 0 Å². The van der Waals surface area contributed by atoms with E-state index in [1.807, 2.05) is 0 Å².